The van der Waals surface area contributed by atoms with Gasteiger partial charge in [-0.05, 0) is 19.0 Å². The van der Waals surface area contributed by atoms with Crippen molar-refractivity contribution in [2.45, 2.75) is 38.8 Å². The van der Waals surface area contributed by atoms with Crippen molar-refractivity contribution < 1.29 is 22.6 Å². The van der Waals surface area contributed by atoms with E-state index in [1.165, 1.54) is 12.1 Å². The molecule has 0 aliphatic carbocycles. The number of alkyl halides is 3. The second kappa shape index (κ2) is 7.50. The normalized spacial score (nSPS) is 14.9. The van der Waals surface area contributed by atoms with Gasteiger partial charge in [0.2, 0.25) is 0 Å². The molecular weight excluding hydrogens is 271 g/mol. The lowest BCUT2D eigenvalue weighted by molar-refractivity contribution is -0.275. The monoisotopic (exact) mass is 291 g/mol. The van der Waals surface area contributed by atoms with Crippen molar-refractivity contribution in [3.63, 3.8) is 0 Å². The molecule has 2 unspecified atom stereocenters. The number of hydrogen-bond donors (Lipinski definition) is 1. The molecule has 20 heavy (non-hydrogen) atoms. The van der Waals surface area contributed by atoms with Crippen LogP contribution in [0.25, 0.3) is 0 Å². The van der Waals surface area contributed by atoms with E-state index in [9.17, 15) is 13.2 Å². The number of nitrogens with one attached hydrogen (secondary N) is 1. The van der Waals surface area contributed by atoms with E-state index in [0.717, 1.165) is 0 Å². The Labute approximate surface area is 117 Å². The van der Waals surface area contributed by atoms with Crippen LogP contribution < -0.4 is 10.1 Å². The maximum atomic E-state index is 12.5. The summed E-state index contributed by atoms with van der Waals surface area (Å²) in [6, 6.07) is 5.78. The molecule has 0 spiro atoms. The highest BCUT2D eigenvalue weighted by Gasteiger charge is 2.33. The van der Waals surface area contributed by atoms with Gasteiger partial charge in [0.15, 0.2) is 0 Å². The van der Waals surface area contributed by atoms with Gasteiger partial charge in [-0.3, -0.25) is 0 Å². The Bertz CT molecular complexity index is 406. The predicted octanol–water partition coefficient (Wildman–Crippen LogP) is 3.66. The lowest BCUT2D eigenvalue weighted by Crippen LogP contribution is -2.33. The number of para-hydroxylation sites is 1. The number of likely N-dealkylation sites (N-methyl/N-ethyl adjacent to an activating group) is 1. The lowest BCUT2D eigenvalue weighted by atomic mass is 9.98. The largest absolute Gasteiger partial charge is 0.573 e. The smallest absolute Gasteiger partial charge is 0.405 e. The molecule has 0 aliphatic rings. The van der Waals surface area contributed by atoms with Crippen molar-refractivity contribution in [3.8, 4) is 5.75 Å². The summed E-state index contributed by atoms with van der Waals surface area (Å²) >= 11 is 0. The van der Waals surface area contributed by atoms with Crippen LogP contribution >= 0.6 is 0 Å². The summed E-state index contributed by atoms with van der Waals surface area (Å²) in [5, 5.41) is 3.15. The molecule has 1 aromatic carbocycles. The van der Waals surface area contributed by atoms with Crippen LogP contribution in [0, 0.1) is 0 Å². The lowest BCUT2D eigenvalue weighted by Gasteiger charge is -2.28. The van der Waals surface area contributed by atoms with Gasteiger partial charge in [0.25, 0.3) is 0 Å². The zero-order chi connectivity index (χ0) is 15.2. The van der Waals surface area contributed by atoms with Gasteiger partial charge >= 0.3 is 6.36 Å². The van der Waals surface area contributed by atoms with Gasteiger partial charge in [-0.15, -0.1) is 13.2 Å². The third-order valence-electron chi connectivity index (χ3n) is 2.98. The highest BCUT2D eigenvalue weighted by molar-refractivity contribution is 5.36. The number of benzene rings is 1. The van der Waals surface area contributed by atoms with Crippen LogP contribution in [0.5, 0.6) is 5.75 Å². The summed E-state index contributed by atoms with van der Waals surface area (Å²) in [6.07, 6.45) is -4.26. The second-order valence-corrected chi connectivity index (χ2v) is 4.30. The first-order valence-corrected chi connectivity index (χ1v) is 6.53. The van der Waals surface area contributed by atoms with Gasteiger partial charge in [-0.25, -0.2) is 0 Å². The zero-order valence-corrected chi connectivity index (χ0v) is 11.8. The van der Waals surface area contributed by atoms with E-state index >= 15 is 0 Å². The maximum absolute atomic E-state index is 12.5. The van der Waals surface area contributed by atoms with Gasteiger partial charge in [0.05, 0.1) is 12.1 Å². The van der Waals surface area contributed by atoms with E-state index in [2.05, 4.69) is 10.1 Å². The van der Waals surface area contributed by atoms with Gasteiger partial charge in [-0.2, -0.15) is 0 Å². The third kappa shape index (κ3) is 4.68. The van der Waals surface area contributed by atoms with Crippen molar-refractivity contribution >= 4 is 0 Å². The van der Waals surface area contributed by atoms with Gasteiger partial charge < -0.3 is 14.8 Å². The summed E-state index contributed by atoms with van der Waals surface area (Å²) in [4.78, 5) is 0. The van der Waals surface area contributed by atoms with E-state index in [1.54, 1.807) is 19.2 Å². The Morgan fingerprint density at radius 3 is 2.35 bits per heavy atom. The molecular formula is C14H20F3NO2. The van der Waals surface area contributed by atoms with Crippen molar-refractivity contribution in [2.75, 3.05) is 13.7 Å². The van der Waals surface area contributed by atoms with Crippen LogP contribution in [0.3, 0.4) is 0 Å². The summed E-state index contributed by atoms with van der Waals surface area (Å²) in [5.74, 6) is -0.193. The van der Waals surface area contributed by atoms with Crippen LogP contribution in [-0.4, -0.2) is 26.1 Å². The van der Waals surface area contributed by atoms with Crippen LogP contribution in [0.2, 0.25) is 0 Å². The summed E-state index contributed by atoms with van der Waals surface area (Å²) in [7, 11) is 1.55. The molecule has 0 heterocycles. The molecule has 3 nitrogen and oxygen atoms in total. The second-order valence-electron chi connectivity index (χ2n) is 4.30. The maximum Gasteiger partial charge on any atom is 0.573 e. The molecule has 0 amide bonds. The van der Waals surface area contributed by atoms with E-state index in [0.29, 0.717) is 18.5 Å². The van der Waals surface area contributed by atoms with Crippen molar-refractivity contribution in [3.05, 3.63) is 29.8 Å². The SMILES string of the molecule is CCNC(c1ccccc1OC(F)(F)F)C(CC)OC. The van der Waals surface area contributed by atoms with Gasteiger partial charge in [0.1, 0.15) is 5.75 Å². The average Bonchev–Trinajstić information content (AvgIpc) is 2.38. The fraction of sp³-hybridized carbons (Fsp3) is 0.571. The molecule has 0 radical (unpaired) electrons. The first kappa shape index (κ1) is 16.8. The van der Waals surface area contributed by atoms with Crippen molar-refractivity contribution in [1.29, 1.82) is 0 Å². The zero-order valence-electron chi connectivity index (χ0n) is 11.8. The molecule has 1 rings (SSSR count). The third-order valence-corrected chi connectivity index (χ3v) is 2.98. The summed E-state index contributed by atoms with van der Waals surface area (Å²) in [5.41, 5.74) is 0.445. The Kier molecular flexibility index (Phi) is 6.29. The Hall–Kier alpha value is -1.27. The van der Waals surface area contributed by atoms with E-state index in [4.69, 9.17) is 4.74 Å². The quantitative estimate of drug-likeness (QED) is 0.831. The minimum absolute atomic E-state index is 0.193. The van der Waals surface area contributed by atoms with E-state index < -0.39 is 6.36 Å². The number of hydrogen-bond acceptors (Lipinski definition) is 3. The molecule has 0 bridgehead atoms. The molecule has 1 aromatic rings. The molecule has 2 atom stereocenters. The molecule has 0 fully saturated rings. The number of halogens is 3. The minimum Gasteiger partial charge on any atom is -0.405 e. The highest BCUT2D eigenvalue weighted by atomic mass is 19.4. The van der Waals surface area contributed by atoms with Crippen LogP contribution in [0.15, 0.2) is 24.3 Å². The van der Waals surface area contributed by atoms with Gasteiger partial charge in [0, 0.05) is 12.7 Å². The topological polar surface area (TPSA) is 30.5 Å². The molecule has 0 aromatic heterocycles. The first-order valence-electron chi connectivity index (χ1n) is 6.53. The standard InChI is InChI=1S/C14H20F3NO2/c1-4-11(19-3)13(18-5-2)10-8-6-7-9-12(10)20-14(15,16)17/h6-9,11,13,18H,4-5H2,1-3H3. The minimum atomic E-state index is -4.71. The fourth-order valence-corrected chi connectivity index (χ4v) is 2.16. The van der Waals surface area contributed by atoms with E-state index in [-0.39, 0.29) is 17.9 Å². The fourth-order valence-electron chi connectivity index (χ4n) is 2.16. The first-order chi connectivity index (χ1) is 9.42. The number of rotatable bonds is 7. The van der Waals surface area contributed by atoms with Crippen molar-refractivity contribution in [2.24, 2.45) is 0 Å². The molecule has 6 heteroatoms. The Morgan fingerprint density at radius 1 is 1.20 bits per heavy atom. The molecule has 1 N–H and O–H groups in total. The van der Waals surface area contributed by atoms with Crippen LogP contribution in [-0.2, 0) is 4.74 Å². The average molecular weight is 291 g/mol. The van der Waals surface area contributed by atoms with Crippen molar-refractivity contribution in [1.82, 2.24) is 5.32 Å². The molecule has 0 aliphatic heterocycles. The van der Waals surface area contributed by atoms with Crippen LogP contribution in [0.4, 0.5) is 13.2 Å². The molecule has 0 saturated heterocycles. The van der Waals surface area contributed by atoms with E-state index in [1.807, 2.05) is 13.8 Å². The van der Waals surface area contributed by atoms with Gasteiger partial charge in [-0.1, -0.05) is 32.0 Å². The number of ether oxygens (including phenoxy) is 2. The predicted molar refractivity (Wildman–Crippen MR) is 70.6 cm³/mol. The number of methoxy groups -OCH3 is 1. The molecule has 114 valence electrons. The Balaban J connectivity index is 3.12. The molecule has 0 saturated carbocycles. The Morgan fingerprint density at radius 2 is 1.85 bits per heavy atom. The highest BCUT2D eigenvalue weighted by Crippen LogP contribution is 2.33. The van der Waals surface area contributed by atoms with Crippen LogP contribution in [0.1, 0.15) is 31.9 Å². The summed E-state index contributed by atoms with van der Waals surface area (Å²) < 4.78 is 46.8. The summed E-state index contributed by atoms with van der Waals surface area (Å²) in [6.45, 7) is 4.43.